The van der Waals surface area contributed by atoms with Gasteiger partial charge in [-0.1, -0.05) is 31.1 Å². The SMILES string of the molecule is CC1(C)CC1CNC(=O)c1cccc(/C(N)=N/O)c1. The van der Waals surface area contributed by atoms with Crippen LogP contribution in [0.25, 0.3) is 0 Å². The lowest BCUT2D eigenvalue weighted by molar-refractivity contribution is 0.0950. The van der Waals surface area contributed by atoms with Crippen LogP contribution in [-0.4, -0.2) is 23.5 Å². The molecule has 1 aliphatic carbocycles. The van der Waals surface area contributed by atoms with E-state index in [0.29, 0.717) is 29.0 Å². The Balaban J connectivity index is 1.99. The van der Waals surface area contributed by atoms with Crippen molar-refractivity contribution >= 4 is 11.7 Å². The second-order valence-electron chi connectivity index (χ2n) is 5.67. The molecule has 0 aromatic heterocycles. The second kappa shape index (κ2) is 4.91. The summed E-state index contributed by atoms with van der Waals surface area (Å²) in [6.07, 6.45) is 1.15. The van der Waals surface area contributed by atoms with Crippen LogP contribution in [0.15, 0.2) is 29.4 Å². The van der Waals surface area contributed by atoms with Crippen LogP contribution in [0.1, 0.15) is 36.2 Å². The lowest BCUT2D eigenvalue weighted by atomic mass is 10.1. The zero-order chi connectivity index (χ0) is 14.0. The van der Waals surface area contributed by atoms with Crippen molar-refractivity contribution < 1.29 is 10.0 Å². The molecule has 1 aromatic rings. The monoisotopic (exact) mass is 261 g/mol. The van der Waals surface area contributed by atoms with Crippen molar-refractivity contribution in [3.8, 4) is 0 Å². The summed E-state index contributed by atoms with van der Waals surface area (Å²) in [6, 6.07) is 6.73. The fourth-order valence-corrected chi connectivity index (χ4v) is 2.12. The smallest absolute Gasteiger partial charge is 0.251 e. The number of hydrogen-bond donors (Lipinski definition) is 3. The highest BCUT2D eigenvalue weighted by molar-refractivity contribution is 6.01. The van der Waals surface area contributed by atoms with Crippen molar-refractivity contribution in [3.05, 3.63) is 35.4 Å². The highest BCUT2D eigenvalue weighted by atomic mass is 16.4. The number of amides is 1. The van der Waals surface area contributed by atoms with Gasteiger partial charge in [-0.3, -0.25) is 4.79 Å². The molecule has 4 N–H and O–H groups in total. The van der Waals surface area contributed by atoms with Gasteiger partial charge in [0.15, 0.2) is 5.84 Å². The molecule has 1 aromatic carbocycles. The molecule has 102 valence electrons. The van der Waals surface area contributed by atoms with E-state index >= 15 is 0 Å². The van der Waals surface area contributed by atoms with Crippen molar-refractivity contribution in [2.24, 2.45) is 22.2 Å². The molecule has 5 nitrogen and oxygen atoms in total. The summed E-state index contributed by atoms with van der Waals surface area (Å²) in [5, 5.41) is 14.5. The Morgan fingerprint density at radius 1 is 1.53 bits per heavy atom. The van der Waals surface area contributed by atoms with Gasteiger partial charge in [-0.15, -0.1) is 0 Å². The van der Waals surface area contributed by atoms with Crippen LogP contribution in [0.4, 0.5) is 0 Å². The van der Waals surface area contributed by atoms with Crippen molar-refractivity contribution in [2.75, 3.05) is 6.54 Å². The Kier molecular flexibility index (Phi) is 3.46. The minimum absolute atomic E-state index is 0.00187. The molecule has 1 amide bonds. The number of benzene rings is 1. The fourth-order valence-electron chi connectivity index (χ4n) is 2.12. The first-order valence-electron chi connectivity index (χ1n) is 6.30. The molecular weight excluding hydrogens is 242 g/mol. The summed E-state index contributed by atoms with van der Waals surface area (Å²) in [4.78, 5) is 12.0. The first-order chi connectivity index (χ1) is 8.94. The van der Waals surface area contributed by atoms with Crippen LogP contribution in [-0.2, 0) is 0 Å². The van der Waals surface area contributed by atoms with E-state index in [0.717, 1.165) is 6.42 Å². The van der Waals surface area contributed by atoms with Crippen molar-refractivity contribution in [1.29, 1.82) is 0 Å². The summed E-state index contributed by atoms with van der Waals surface area (Å²) in [7, 11) is 0. The first kappa shape index (κ1) is 13.4. The van der Waals surface area contributed by atoms with E-state index in [-0.39, 0.29) is 11.7 Å². The molecule has 1 saturated carbocycles. The standard InChI is InChI=1S/C14H19N3O2/c1-14(2)7-11(14)8-16-13(18)10-5-3-4-9(6-10)12(15)17-19/h3-6,11,19H,7-8H2,1-2H3,(H2,15,17)(H,16,18). The van der Waals surface area contributed by atoms with Gasteiger partial charge in [-0.05, 0) is 29.9 Å². The Morgan fingerprint density at radius 2 is 2.16 bits per heavy atom. The van der Waals surface area contributed by atoms with Crippen molar-refractivity contribution in [3.63, 3.8) is 0 Å². The largest absolute Gasteiger partial charge is 0.409 e. The average Bonchev–Trinajstić information content (AvgIpc) is 3.02. The van der Waals surface area contributed by atoms with Crippen LogP contribution in [0.5, 0.6) is 0 Å². The number of hydrogen-bond acceptors (Lipinski definition) is 3. The number of nitrogens with one attached hydrogen (secondary N) is 1. The molecular formula is C14H19N3O2. The van der Waals surface area contributed by atoms with Crippen LogP contribution in [0.2, 0.25) is 0 Å². The van der Waals surface area contributed by atoms with Crippen molar-refractivity contribution in [1.82, 2.24) is 5.32 Å². The lowest BCUT2D eigenvalue weighted by Crippen LogP contribution is -2.27. The van der Waals surface area contributed by atoms with Crippen LogP contribution in [0, 0.1) is 11.3 Å². The van der Waals surface area contributed by atoms with Crippen LogP contribution >= 0.6 is 0 Å². The van der Waals surface area contributed by atoms with Gasteiger partial charge in [-0.2, -0.15) is 0 Å². The number of carbonyl (C=O) groups is 1. The number of carbonyl (C=O) groups excluding carboxylic acids is 1. The maximum absolute atomic E-state index is 12.0. The first-order valence-corrected chi connectivity index (χ1v) is 6.30. The summed E-state index contributed by atoms with van der Waals surface area (Å²) in [6.45, 7) is 5.09. The third-order valence-corrected chi connectivity index (χ3v) is 3.75. The van der Waals surface area contributed by atoms with Gasteiger partial charge in [0, 0.05) is 17.7 Å². The second-order valence-corrected chi connectivity index (χ2v) is 5.67. The van der Waals surface area contributed by atoms with Crippen LogP contribution < -0.4 is 11.1 Å². The number of nitrogens with two attached hydrogens (primary N) is 1. The number of amidine groups is 1. The van der Waals surface area contributed by atoms with Gasteiger partial charge < -0.3 is 16.3 Å². The van der Waals surface area contributed by atoms with E-state index in [1.54, 1.807) is 24.3 Å². The topological polar surface area (TPSA) is 87.7 Å². The Hall–Kier alpha value is -2.04. The summed E-state index contributed by atoms with van der Waals surface area (Å²) >= 11 is 0. The minimum Gasteiger partial charge on any atom is -0.409 e. The molecule has 1 atom stereocenters. The zero-order valence-electron chi connectivity index (χ0n) is 11.2. The molecule has 0 heterocycles. The van der Waals surface area contributed by atoms with Crippen molar-refractivity contribution in [2.45, 2.75) is 20.3 Å². The van der Waals surface area contributed by atoms with Gasteiger partial charge >= 0.3 is 0 Å². The Bertz CT molecular complexity index is 523. The van der Waals surface area contributed by atoms with Gasteiger partial charge in [0.05, 0.1) is 0 Å². The molecule has 0 aliphatic heterocycles. The Labute approximate surface area is 112 Å². The molecule has 1 unspecified atom stereocenters. The molecule has 5 heteroatoms. The molecule has 19 heavy (non-hydrogen) atoms. The summed E-state index contributed by atoms with van der Waals surface area (Å²) in [5.41, 5.74) is 6.90. The number of oxime groups is 1. The highest BCUT2D eigenvalue weighted by Gasteiger charge is 2.45. The van der Waals surface area contributed by atoms with E-state index in [4.69, 9.17) is 10.9 Å². The molecule has 2 rings (SSSR count). The van der Waals surface area contributed by atoms with Gasteiger partial charge in [0.2, 0.25) is 0 Å². The molecule has 0 radical (unpaired) electrons. The van der Waals surface area contributed by atoms with Gasteiger partial charge in [0.25, 0.3) is 5.91 Å². The number of nitrogens with zero attached hydrogens (tertiary/aromatic N) is 1. The van der Waals surface area contributed by atoms with E-state index in [1.807, 2.05) is 0 Å². The summed E-state index contributed by atoms with van der Waals surface area (Å²) in [5.74, 6) is 0.428. The van der Waals surface area contributed by atoms with Gasteiger partial charge in [0.1, 0.15) is 0 Å². The van der Waals surface area contributed by atoms with E-state index in [1.165, 1.54) is 0 Å². The molecule has 0 spiro atoms. The quantitative estimate of drug-likeness (QED) is 0.332. The molecule has 0 bridgehead atoms. The minimum atomic E-state index is -0.129. The normalized spacial score (nSPS) is 20.9. The van der Waals surface area contributed by atoms with Gasteiger partial charge in [-0.25, -0.2) is 0 Å². The lowest BCUT2D eigenvalue weighted by Gasteiger charge is -2.07. The van der Waals surface area contributed by atoms with E-state index in [2.05, 4.69) is 24.3 Å². The third-order valence-electron chi connectivity index (χ3n) is 3.75. The Morgan fingerprint density at radius 3 is 2.74 bits per heavy atom. The molecule has 0 saturated heterocycles. The van der Waals surface area contributed by atoms with E-state index < -0.39 is 0 Å². The van der Waals surface area contributed by atoms with Crippen LogP contribution in [0.3, 0.4) is 0 Å². The zero-order valence-corrected chi connectivity index (χ0v) is 11.2. The highest BCUT2D eigenvalue weighted by Crippen LogP contribution is 2.50. The molecule has 1 fully saturated rings. The maximum atomic E-state index is 12.0. The maximum Gasteiger partial charge on any atom is 0.251 e. The summed E-state index contributed by atoms with van der Waals surface area (Å²) < 4.78 is 0. The van der Waals surface area contributed by atoms with E-state index in [9.17, 15) is 4.79 Å². The number of rotatable bonds is 4. The average molecular weight is 261 g/mol. The predicted molar refractivity (Wildman–Crippen MR) is 73.2 cm³/mol. The predicted octanol–water partition coefficient (Wildman–Crippen LogP) is 1.56. The third kappa shape index (κ3) is 3.05. The molecule has 1 aliphatic rings. The fraction of sp³-hybridized carbons (Fsp3) is 0.429.